The van der Waals surface area contributed by atoms with Crippen molar-refractivity contribution in [3.8, 4) is 5.75 Å². The fraction of sp³-hybridized carbons (Fsp3) is 0.167. The molecule has 0 radical (unpaired) electrons. The van der Waals surface area contributed by atoms with Crippen molar-refractivity contribution in [3.63, 3.8) is 0 Å². The van der Waals surface area contributed by atoms with Crippen molar-refractivity contribution in [2.24, 2.45) is 0 Å². The zero-order valence-corrected chi connectivity index (χ0v) is 10.5. The van der Waals surface area contributed by atoms with Crippen LogP contribution in [0.2, 0.25) is 5.02 Å². The second-order valence-electron chi connectivity index (χ2n) is 3.84. The number of aryl methyl sites for hydroxylation is 1. The summed E-state index contributed by atoms with van der Waals surface area (Å²) >= 11 is 5.79. The van der Waals surface area contributed by atoms with Gasteiger partial charge in [0, 0.05) is 16.9 Å². The smallest absolute Gasteiger partial charge is 0.246 e. The molecule has 2 N–H and O–H groups in total. The third-order valence-electron chi connectivity index (χ3n) is 2.45. The lowest BCUT2D eigenvalue weighted by Crippen LogP contribution is -2.20. The van der Waals surface area contributed by atoms with Crippen LogP contribution in [0.3, 0.4) is 0 Å². The summed E-state index contributed by atoms with van der Waals surface area (Å²) in [7, 11) is 0. The van der Waals surface area contributed by atoms with Gasteiger partial charge in [0.25, 0.3) is 0 Å². The summed E-state index contributed by atoms with van der Waals surface area (Å²) in [4.78, 5) is 11.8. The molecular weight excluding hydrogens is 254 g/mol. The largest absolute Gasteiger partial charge is 0.506 e. The molecule has 0 atom stereocenters. The number of aromatic nitrogens is 2. The van der Waals surface area contributed by atoms with Crippen molar-refractivity contribution in [3.05, 3.63) is 41.2 Å². The van der Waals surface area contributed by atoms with Crippen molar-refractivity contribution in [1.29, 1.82) is 0 Å². The Morgan fingerprint density at radius 2 is 2.28 bits per heavy atom. The number of nitrogens with zero attached hydrogens (tertiary/aromatic N) is 2. The minimum atomic E-state index is -0.278. The third-order valence-corrected chi connectivity index (χ3v) is 2.69. The van der Waals surface area contributed by atoms with Crippen LogP contribution in [0.1, 0.15) is 5.69 Å². The standard InChI is InChI=1S/C12H12ClN3O2/c1-8-4-5-14-16(8)7-12(18)15-10-6-9(13)2-3-11(10)17/h2-6,17H,7H2,1H3,(H,15,18). The highest BCUT2D eigenvalue weighted by molar-refractivity contribution is 6.31. The number of hydrogen-bond acceptors (Lipinski definition) is 3. The van der Waals surface area contributed by atoms with Gasteiger partial charge in [-0.25, -0.2) is 0 Å². The van der Waals surface area contributed by atoms with E-state index in [1.54, 1.807) is 16.9 Å². The molecule has 1 aromatic carbocycles. The molecule has 0 aliphatic carbocycles. The molecule has 0 saturated heterocycles. The lowest BCUT2D eigenvalue weighted by atomic mass is 10.3. The third kappa shape index (κ3) is 2.81. The van der Waals surface area contributed by atoms with Gasteiger partial charge in [0.05, 0.1) is 5.69 Å². The zero-order valence-electron chi connectivity index (χ0n) is 9.72. The van der Waals surface area contributed by atoms with Gasteiger partial charge < -0.3 is 10.4 Å². The van der Waals surface area contributed by atoms with Crippen LogP contribution in [0.4, 0.5) is 5.69 Å². The maximum Gasteiger partial charge on any atom is 0.246 e. The van der Waals surface area contributed by atoms with Gasteiger partial charge >= 0.3 is 0 Å². The van der Waals surface area contributed by atoms with E-state index < -0.39 is 0 Å². The zero-order chi connectivity index (χ0) is 13.1. The van der Waals surface area contributed by atoms with E-state index in [2.05, 4.69) is 10.4 Å². The van der Waals surface area contributed by atoms with E-state index in [0.29, 0.717) is 5.02 Å². The molecule has 0 spiro atoms. The maximum atomic E-state index is 11.8. The van der Waals surface area contributed by atoms with Gasteiger partial charge in [-0.2, -0.15) is 5.10 Å². The number of phenols is 1. The Kier molecular flexibility index (Phi) is 3.53. The number of benzene rings is 1. The van der Waals surface area contributed by atoms with Crippen LogP contribution in [0.5, 0.6) is 5.75 Å². The first-order chi connectivity index (χ1) is 8.56. The van der Waals surface area contributed by atoms with E-state index in [1.165, 1.54) is 12.1 Å². The van der Waals surface area contributed by atoms with Crippen LogP contribution in [0.15, 0.2) is 30.5 Å². The summed E-state index contributed by atoms with van der Waals surface area (Å²) in [5.74, 6) is -0.302. The second kappa shape index (κ2) is 5.10. The monoisotopic (exact) mass is 265 g/mol. The Morgan fingerprint density at radius 1 is 1.50 bits per heavy atom. The Bertz CT molecular complexity index is 580. The molecular formula is C12H12ClN3O2. The van der Waals surface area contributed by atoms with Crippen molar-refractivity contribution in [2.45, 2.75) is 13.5 Å². The molecule has 0 aliphatic rings. The second-order valence-corrected chi connectivity index (χ2v) is 4.28. The van der Waals surface area contributed by atoms with E-state index in [4.69, 9.17) is 11.6 Å². The maximum absolute atomic E-state index is 11.8. The minimum Gasteiger partial charge on any atom is -0.506 e. The van der Waals surface area contributed by atoms with Crippen LogP contribution in [-0.4, -0.2) is 20.8 Å². The number of nitrogens with one attached hydrogen (secondary N) is 1. The highest BCUT2D eigenvalue weighted by atomic mass is 35.5. The molecule has 2 rings (SSSR count). The van der Waals surface area contributed by atoms with Crippen molar-refractivity contribution in [2.75, 3.05) is 5.32 Å². The molecule has 6 heteroatoms. The number of anilines is 1. The van der Waals surface area contributed by atoms with Gasteiger partial charge in [-0.3, -0.25) is 9.48 Å². The van der Waals surface area contributed by atoms with Gasteiger partial charge in [-0.1, -0.05) is 11.6 Å². The summed E-state index contributed by atoms with van der Waals surface area (Å²) in [6, 6.07) is 6.27. The molecule has 0 fully saturated rings. The summed E-state index contributed by atoms with van der Waals surface area (Å²) in [6.45, 7) is 1.95. The fourth-order valence-electron chi connectivity index (χ4n) is 1.50. The first kappa shape index (κ1) is 12.4. The van der Waals surface area contributed by atoms with E-state index in [9.17, 15) is 9.90 Å². The Labute approximate surface area is 109 Å². The average molecular weight is 266 g/mol. The number of hydrogen-bond donors (Lipinski definition) is 2. The quantitative estimate of drug-likeness (QED) is 0.836. The van der Waals surface area contributed by atoms with E-state index in [-0.39, 0.29) is 23.9 Å². The van der Waals surface area contributed by atoms with Gasteiger partial charge in [0.15, 0.2) is 0 Å². The Balaban J connectivity index is 2.08. The van der Waals surface area contributed by atoms with Crippen LogP contribution >= 0.6 is 11.6 Å². The normalized spacial score (nSPS) is 10.3. The number of carbonyl (C=O) groups excluding carboxylic acids is 1. The van der Waals surface area contributed by atoms with E-state index >= 15 is 0 Å². The van der Waals surface area contributed by atoms with Crippen LogP contribution < -0.4 is 5.32 Å². The van der Waals surface area contributed by atoms with E-state index in [0.717, 1.165) is 5.69 Å². The number of carbonyl (C=O) groups is 1. The minimum absolute atomic E-state index is 0.0232. The summed E-state index contributed by atoms with van der Waals surface area (Å²) < 4.78 is 1.57. The highest BCUT2D eigenvalue weighted by Crippen LogP contribution is 2.26. The molecule has 5 nitrogen and oxygen atoms in total. The van der Waals surface area contributed by atoms with Crippen molar-refractivity contribution < 1.29 is 9.90 Å². The Morgan fingerprint density at radius 3 is 2.94 bits per heavy atom. The molecule has 1 heterocycles. The number of rotatable bonds is 3. The summed E-state index contributed by atoms with van der Waals surface area (Å²) in [5, 5.41) is 16.6. The summed E-state index contributed by atoms with van der Waals surface area (Å²) in [5.41, 5.74) is 1.18. The van der Waals surface area contributed by atoms with Crippen LogP contribution in [0, 0.1) is 6.92 Å². The molecule has 94 valence electrons. The number of halogens is 1. The predicted molar refractivity (Wildman–Crippen MR) is 68.7 cm³/mol. The first-order valence-electron chi connectivity index (χ1n) is 5.33. The molecule has 0 saturated carbocycles. The highest BCUT2D eigenvalue weighted by Gasteiger charge is 2.09. The lowest BCUT2D eigenvalue weighted by molar-refractivity contribution is -0.116. The Hall–Kier alpha value is -2.01. The molecule has 0 aliphatic heterocycles. The molecule has 18 heavy (non-hydrogen) atoms. The van der Waals surface area contributed by atoms with Gasteiger partial charge in [0.2, 0.25) is 5.91 Å². The molecule has 0 bridgehead atoms. The number of phenolic OH excluding ortho intramolecular Hbond substituents is 1. The summed E-state index contributed by atoms with van der Waals surface area (Å²) in [6.07, 6.45) is 1.62. The predicted octanol–water partition coefficient (Wildman–Crippen LogP) is 2.19. The van der Waals surface area contributed by atoms with Crippen molar-refractivity contribution >= 4 is 23.2 Å². The number of aromatic hydroxyl groups is 1. The molecule has 1 aromatic heterocycles. The van der Waals surface area contributed by atoms with Gasteiger partial charge in [-0.05, 0) is 31.2 Å². The van der Waals surface area contributed by atoms with Gasteiger partial charge in [0.1, 0.15) is 12.3 Å². The molecule has 1 amide bonds. The average Bonchev–Trinajstić information content (AvgIpc) is 2.70. The topological polar surface area (TPSA) is 67.2 Å². The number of amides is 1. The van der Waals surface area contributed by atoms with Crippen LogP contribution in [-0.2, 0) is 11.3 Å². The van der Waals surface area contributed by atoms with Crippen molar-refractivity contribution in [1.82, 2.24) is 9.78 Å². The first-order valence-corrected chi connectivity index (χ1v) is 5.71. The lowest BCUT2D eigenvalue weighted by Gasteiger charge is -2.08. The molecule has 2 aromatic rings. The van der Waals surface area contributed by atoms with Crippen LogP contribution in [0.25, 0.3) is 0 Å². The SMILES string of the molecule is Cc1ccnn1CC(=O)Nc1cc(Cl)ccc1O. The van der Waals surface area contributed by atoms with Gasteiger partial charge in [-0.15, -0.1) is 0 Å². The molecule has 0 unspecified atom stereocenters. The fourth-order valence-corrected chi connectivity index (χ4v) is 1.67. The van der Waals surface area contributed by atoms with E-state index in [1.807, 2.05) is 13.0 Å².